The van der Waals surface area contributed by atoms with Gasteiger partial charge in [0.25, 0.3) is 0 Å². The maximum atomic E-state index is 12.2. The lowest BCUT2D eigenvalue weighted by atomic mass is 10.0. The van der Waals surface area contributed by atoms with Gasteiger partial charge in [0.05, 0.1) is 19.8 Å². The van der Waals surface area contributed by atoms with E-state index in [1.165, 1.54) is 0 Å². The van der Waals surface area contributed by atoms with E-state index < -0.39 is 0 Å². The van der Waals surface area contributed by atoms with Crippen molar-refractivity contribution in [3.8, 4) is 5.75 Å². The van der Waals surface area contributed by atoms with E-state index >= 15 is 0 Å². The van der Waals surface area contributed by atoms with Crippen molar-refractivity contribution in [1.29, 1.82) is 0 Å². The molecule has 0 aliphatic rings. The average Bonchev–Trinajstić information content (AvgIpc) is 2.71. The standard InChI is InChI=1S/C24H22I2N2O2/c1-16-8-9-17(2)20(10-16)13-23(29)28-27-14-19-11-21(25)24(22(26)12-19)30-15-18-6-4-3-5-7-18/h3-12,14H,13,15H2,1-2H3,(H,28,29)/b27-14+. The van der Waals surface area contributed by atoms with Crippen LogP contribution >= 0.6 is 45.2 Å². The second kappa shape index (κ2) is 10.9. The molecule has 0 saturated carbocycles. The number of hydrogen-bond donors (Lipinski definition) is 1. The molecule has 1 amide bonds. The quantitative estimate of drug-likeness (QED) is 0.206. The van der Waals surface area contributed by atoms with Crippen molar-refractivity contribution in [1.82, 2.24) is 5.43 Å². The van der Waals surface area contributed by atoms with Gasteiger partial charge in [-0.3, -0.25) is 4.79 Å². The Labute approximate surface area is 204 Å². The van der Waals surface area contributed by atoms with E-state index in [0.717, 1.165) is 40.7 Å². The van der Waals surface area contributed by atoms with E-state index in [-0.39, 0.29) is 5.91 Å². The summed E-state index contributed by atoms with van der Waals surface area (Å²) in [5.41, 5.74) is 7.92. The van der Waals surface area contributed by atoms with E-state index in [9.17, 15) is 4.79 Å². The molecule has 30 heavy (non-hydrogen) atoms. The molecule has 0 aliphatic heterocycles. The molecule has 3 aromatic rings. The first-order valence-corrected chi connectivity index (χ1v) is 11.6. The van der Waals surface area contributed by atoms with Crippen LogP contribution in [-0.2, 0) is 17.8 Å². The number of amides is 1. The largest absolute Gasteiger partial charge is 0.487 e. The highest BCUT2D eigenvalue weighted by Gasteiger charge is 2.09. The van der Waals surface area contributed by atoms with Gasteiger partial charge in [0, 0.05) is 0 Å². The van der Waals surface area contributed by atoms with Crippen molar-refractivity contribution in [2.75, 3.05) is 0 Å². The third kappa shape index (κ3) is 6.53. The van der Waals surface area contributed by atoms with Gasteiger partial charge in [-0.2, -0.15) is 5.10 Å². The number of nitrogens with zero attached hydrogens (tertiary/aromatic N) is 1. The first-order chi connectivity index (χ1) is 14.4. The van der Waals surface area contributed by atoms with Crippen LogP contribution in [-0.4, -0.2) is 12.1 Å². The van der Waals surface area contributed by atoms with Gasteiger partial charge in [-0.1, -0.05) is 54.1 Å². The fourth-order valence-corrected chi connectivity index (χ4v) is 5.03. The predicted molar refractivity (Wildman–Crippen MR) is 138 cm³/mol. The zero-order chi connectivity index (χ0) is 21.5. The lowest BCUT2D eigenvalue weighted by molar-refractivity contribution is -0.120. The zero-order valence-electron chi connectivity index (χ0n) is 16.8. The second-order valence-corrected chi connectivity index (χ2v) is 9.31. The summed E-state index contributed by atoms with van der Waals surface area (Å²) in [6.07, 6.45) is 1.97. The normalized spacial score (nSPS) is 10.9. The van der Waals surface area contributed by atoms with Crippen molar-refractivity contribution in [3.63, 3.8) is 0 Å². The summed E-state index contributed by atoms with van der Waals surface area (Å²) in [5.74, 6) is 0.725. The fourth-order valence-electron chi connectivity index (χ4n) is 2.90. The van der Waals surface area contributed by atoms with Crippen LogP contribution in [0.4, 0.5) is 0 Å². The van der Waals surface area contributed by atoms with E-state index in [1.807, 2.05) is 74.5 Å². The van der Waals surface area contributed by atoms with Crippen molar-refractivity contribution in [2.45, 2.75) is 26.9 Å². The number of benzene rings is 3. The lowest BCUT2D eigenvalue weighted by Crippen LogP contribution is -2.20. The molecule has 0 aromatic heterocycles. The van der Waals surface area contributed by atoms with E-state index in [0.29, 0.717) is 13.0 Å². The number of hydrazone groups is 1. The summed E-state index contributed by atoms with van der Waals surface area (Å²) in [6, 6.07) is 20.2. The van der Waals surface area contributed by atoms with Gasteiger partial charge >= 0.3 is 0 Å². The number of ether oxygens (including phenoxy) is 1. The van der Waals surface area contributed by atoms with Crippen LogP contribution in [0, 0.1) is 21.0 Å². The molecule has 0 unspecified atom stereocenters. The van der Waals surface area contributed by atoms with Crippen molar-refractivity contribution >= 4 is 57.3 Å². The summed E-state index contributed by atoms with van der Waals surface area (Å²) in [5, 5.41) is 4.12. The summed E-state index contributed by atoms with van der Waals surface area (Å²) in [6.45, 7) is 4.56. The first kappa shape index (κ1) is 22.7. The van der Waals surface area contributed by atoms with Gasteiger partial charge in [0.15, 0.2) is 0 Å². The smallest absolute Gasteiger partial charge is 0.244 e. The monoisotopic (exact) mass is 624 g/mol. The van der Waals surface area contributed by atoms with Gasteiger partial charge in [-0.05, 0) is 93.4 Å². The molecule has 0 spiro atoms. The minimum Gasteiger partial charge on any atom is -0.487 e. The van der Waals surface area contributed by atoms with Crippen LogP contribution in [0.3, 0.4) is 0 Å². The van der Waals surface area contributed by atoms with Crippen LogP contribution in [0.2, 0.25) is 0 Å². The molecule has 6 heteroatoms. The maximum absolute atomic E-state index is 12.2. The highest BCUT2D eigenvalue weighted by Crippen LogP contribution is 2.29. The second-order valence-electron chi connectivity index (χ2n) is 6.99. The molecule has 154 valence electrons. The lowest BCUT2D eigenvalue weighted by Gasteiger charge is -2.11. The Bertz CT molecular complexity index is 1040. The average molecular weight is 624 g/mol. The summed E-state index contributed by atoms with van der Waals surface area (Å²) >= 11 is 4.52. The number of halogens is 2. The molecule has 0 radical (unpaired) electrons. The molecule has 0 bridgehead atoms. The summed E-state index contributed by atoms with van der Waals surface area (Å²) < 4.78 is 8.01. The molecule has 4 nitrogen and oxygen atoms in total. The minimum atomic E-state index is -0.132. The van der Waals surface area contributed by atoms with E-state index in [1.54, 1.807) is 6.21 Å². The summed E-state index contributed by atoms with van der Waals surface area (Å²) in [7, 11) is 0. The van der Waals surface area contributed by atoms with E-state index in [2.05, 4.69) is 55.7 Å². The molecule has 0 saturated heterocycles. The summed E-state index contributed by atoms with van der Waals surface area (Å²) in [4.78, 5) is 12.2. The van der Waals surface area contributed by atoms with Gasteiger partial charge in [0.1, 0.15) is 12.4 Å². The van der Waals surface area contributed by atoms with Crippen LogP contribution in [0.5, 0.6) is 5.75 Å². The number of carbonyl (C=O) groups excluding carboxylic acids is 1. The Morgan fingerprint density at radius 3 is 2.43 bits per heavy atom. The van der Waals surface area contributed by atoms with Gasteiger partial charge in [-0.15, -0.1) is 0 Å². The van der Waals surface area contributed by atoms with Gasteiger partial charge in [0.2, 0.25) is 5.91 Å². The van der Waals surface area contributed by atoms with Crippen molar-refractivity contribution in [2.24, 2.45) is 5.10 Å². The van der Waals surface area contributed by atoms with E-state index in [4.69, 9.17) is 4.74 Å². The highest BCUT2D eigenvalue weighted by atomic mass is 127. The number of aryl methyl sites for hydroxylation is 2. The Balaban J connectivity index is 1.60. The zero-order valence-corrected chi connectivity index (χ0v) is 21.1. The molecule has 0 atom stereocenters. The molecule has 3 aromatic carbocycles. The molecule has 0 aliphatic carbocycles. The molecular formula is C24H22I2N2O2. The molecular weight excluding hydrogens is 602 g/mol. The minimum absolute atomic E-state index is 0.132. The first-order valence-electron chi connectivity index (χ1n) is 9.46. The fraction of sp³-hybridized carbons (Fsp3) is 0.167. The Hall–Kier alpha value is -1.94. The number of nitrogens with one attached hydrogen (secondary N) is 1. The molecule has 1 N–H and O–H groups in total. The Kier molecular flexibility index (Phi) is 8.26. The van der Waals surface area contributed by atoms with Crippen molar-refractivity contribution in [3.05, 3.63) is 95.6 Å². The van der Waals surface area contributed by atoms with Crippen LogP contribution in [0.1, 0.15) is 27.8 Å². The third-order valence-electron chi connectivity index (χ3n) is 4.51. The van der Waals surface area contributed by atoms with Gasteiger partial charge in [-0.25, -0.2) is 5.43 Å². The molecule has 0 heterocycles. The number of carbonyl (C=O) groups is 1. The Morgan fingerprint density at radius 1 is 1.03 bits per heavy atom. The van der Waals surface area contributed by atoms with Crippen LogP contribution in [0.25, 0.3) is 0 Å². The molecule has 3 rings (SSSR count). The highest BCUT2D eigenvalue weighted by molar-refractivity contribution is 14.1. The molecule has 0 fully saturated rings. The van der Waals surface area contributed by atoms with Crippen molar-refractivity contribution < 1.29 is 9.53 Å². The van der Waals surface area contributed by atoms with Gasteiger partial charge < -0.3 is 4.74 Å². The predicted octanol–water partition coefficient (Wildman–Crippen LogP) is 5.78. The SMILES string of the molecule is Cc1ccc(C)c(CC(=O)N/N=C/c2cc(I)c(OCc3ccccc3)c(I)c2)c1. The number of rotatable bonds is 7. The van der Waals surface area contributed by atoms with Crippen LogP contribution < -0.4 is 10.2 Å². The number of hydrogen-bond acceptors (Lipinski definition) is 3. The third-order valence-corrected chi connectivity index (χ3v) is 6.11. The topological polar surface area (TPSA) is 50.7 Å². The maximum Gasteiger partial charge on any atom is 0.244 e. The Morgan fingerprint density at radius 2 is 1.73 bits per heavy atom. The van der Waals surface area contributed by atoms with Crippen LogP contribution in [0.15, 0.2) is 65.8 Å².